The van der Waals surface area contributed by atoms with E-state index in [1.807, 2.05) is 18.2 Å². The molecule has 0 spiro atoms. The number of nitrogens with one attached hydrogen (secondary N) is 1. The number of fused-ring (bicyclic) bond motifs is 2. The highest BCUT2D eigenvalue weighted by atomic mass is 32.2. The Balaban J connectivity index is 1.51. The normalized spacial score (nSPS) is 13.0. The first-order valence-electron chi connectivity index (χ1n) is 11.6. The molecule has 1 N–H and O–H groups in total. The first-order chi connectivity index (χ1) is 16.1. The van der Waals surface area contributed by atoms with Crippen molar-refractivity contribution >= 4 is 44.9 Å². The minimum atomic E-state index is -0.185. The van der Waals surface area contributed by atoms with Crippen molar-refractivity contribution in [3.05, 3.63) is 50.6 Å². The molecule has 0 aliphatic heterocycles. The lowest BCUT2D eigenvalue weighted by Gasteiger charge is -2.13. The summed E-state index contributed by atoms with van der Waals surface area (Å²) in [5.41, 5.74) is 2.31. The minimum absolute atomic E-state index is 0.0577. The van der Waals surface area contributed by atoms with Gasteiger partial charge in [0, 0.05) is 11.4 Å². The van der Waals surface area contributed by atoms with E-state index >= 15 is 0 Å². The van der Waals surface area contributed by atoms with E-state index in [2.05, 4.69) is 18.3 Å². The summed E-state index contributed by atoms with van der Waals surface area (Å²) in [5.74, 6) is -0.0530. The van der Waals surface area contributed by atoms with Crippen molar-refractivity contribution in [2.75, 3.05) is 11.1 Å². The fourth-order valence-electron chi connectivity index (χ4n) is 4.22. The zero-order valence-electron chi connectivity index (χ0n) is 18.9. The Hall–Kier alpha value is -2.63. The van der Waals surface area contributed by atoms with Crippen LogP contribution in [-0.4, -0.2) is 21.2 Å². The highest BCUT2D eigenvalue weighted by Gasteiger charge is 2.22. The van der Waals surface area contributed by atoms with Crippen LogP contribution in [0.5, 0.6) is 0 Å². The summed E-state index contributed by atoms with van der Waals surface area (Å²) in [6.45, 7) is 2.75. The predicted molar refractivity (Wildman–Crippen MR) is 135 cm³/mol. The average molecular weight is 481 g/mol. The molecule has 0 bridgehead atoms. The molecule has 0 unspecified atom stereocenters. The van der Waals surface area contributed by atoms with E-state index in [0.29, 0.717) is 33.2 Å². The number of hydrogen-bond donors (Lipinski definition) is 1. The average Bonchev–Trinajstić information content (AvgIpc) is 3.18. The molecule has 2 heterocycles. The van der Waals surface area contributed by atoms with Gasteiger partial charge in [-0.15, -0.1) is 11.3 Å². The van der Waals surface area contributed by atoms with E-state index in [1.54, 1.807) is 10.6 Å². The highest BCUT2D eigenvalue weighted by molar-refractivity contribution is 7.99. The number of thiophene rings is 1. The lowest BCUT2D eigenvalue weighted by Crippen LogP contribution is -2.24. The number of para-hydroxylation sites is 1. The maximum Gasteiger partial charge on any atom is 0.262 e. The van der Waals surface area contributed by atoms with Crippen LogP contribution in [0.2, 0.25) is 0 Å². The van der Waals surface area contributed by atoms with Crippen LogP contribution in [0.15, 0.2) is 34.2 Å². The molecule has 172 valence electrons. The molecular weight excluding hydrogens is 452 g/mol. The number of anilines is 1. The Kier molecular flexibility index (Phi) is 7.84. The lowest BCUT2D eigenvalue weighted by atomic mass is 9.96. The fraction of sp³-hybridized carbons (Fsp3) is 0.440. The number of hydrogen-bond acceptors (Lipinski definition) is 6. The van der Waals surface area contributed by atoms with Crippen molar-refractivity contribution < 1.29 is 4.79 Å². The van der Waals surface area contributed by atoms with Crippen molar-refractivity contribution in [1.82, 2.24) is 9.55 Å². The van der Waals surface area contributed by atoms with E-state index in [1.165, 1.54) is 28.0 Å². The Bertz CT molecular complexity index is 1260. The van der Waals surface area contributed by atoms with Gasteiger partial charge >= 0.3 is 0 Å². The summed E-state index contributed by atoms with van der Waals surface area (Å²) in [7, 11) is 0. The standard InChI is InChI=1S/C25H28N4O2S2/c1-2-3-4-9-14-29-24(31)18-11-5-7-12-20(18)27-25(29)32-16-22(30)28-23-19(15-26)17-10-6-8-13-21(17)33-23/h5,7,11-12H,2-4,6,8-10,13-14,16H2,1H3,(H,28,30). The maximum atomic E-state index is 13.1. The Labute approximate surface area is 202 Å². The molecule has 0 saturated carbocycles. The van der Waals surface area contributed by atoms with E-state index in [4.69, 9.17) is 4.98 Å². The van der Waals surface area contributed by atoms with Gasteiger partial charge in [-0.25, -0.2) is 4.98 Å². The number of nitriles is 1. The quantitative estimate of drug-likeness (QED) is 0.247. The van der Waals surface area contributed by atoms with Gasteiger partial charge in [0.15, 0.2) is 5.16 Å². The number of unbranched alkanes of at least 4 members (excludes halogenated alkanes) is 3. The SMILES string of the molecule is CCCCCCn1c(SCC(=O)Nc2sc3c(c2C#N)CCCC3)nc2ccccc2c1=O. The molecule has 33 heavy (non-hydrogen) atoms. The van der Waals surface area contributed by atoms with E-state index < -0.39 is 0 Å². The molecule has 3 aromatic rings. The summed E-state index contributed by atoms with van der Waals surface area (Å²) >= 11 is 2.80. The van der Waals surface area contributed by atoms with Crippen LogP contribution in [0.4, 0.5) is 5.00 Å². The van der Waals surface area contributed by atoms with Crippen LogP contribution >= 0.6 is 23.1 Å². The van der Waals surface area contributed by atoms with Crippen molar-refractivity contribution in [3.8, 4) is 6.07 Å². The molecule has 1 aliphatic carbocycles. The number of benzene rings is 1. The first kappa shape index (κ1) is 23.5. The Morgan fingerprint density at radius 1 is 1.24 bits per heavy atom. The molecule has 1 aliphatic rings. The molecule has 4 rings (SSSR count). The van der Waals surface area contributed by atoms with Gasteiger partial charge in [-0.2, -0.15) is 5.26 Å². The van der Waals surface area contributed by atoms with Gasteiger partial charge in [0.2, 0.25) is 5.91 Å². The van der Waals surface area contributed by atoms with Gasteiger partial charge in [-0.05, 0) is 49.8 Å². The molecule has 0 saturated heterocycles. The van der Waals surface area contributed by atoms with Crippen LogP contribution in [0.3, 0.4) is 0 Å². The summed E-state index contributed by atoms with van der Waals surface area (Å²) in [5, 5.41) is 14.4. The van der Waals surface area contributed by atoms with Crippen molar-refractivity contribution in [2.24, 2.45) is 0 Å². The molecule has 1 aromatic carbocycles. The fourth-order valence-corrected chi connectivity index (χ4v) is 6.30. The summed E-state index contributed by atoms with van der Waals surface area (Å²) in [6.07, 6.45) is 8.32. The molecule has 8 heteroatoms. The van der Waals surface area contributed by atoms with Crippen LogP contribution in [0.25, 0.3) is 10.9 Å². The second kappa shape index (κ2) is 11.0. The van der Waals surface area contributed by atoms with Crippen LogP contribution in [0.1, 0.15) is 61.5 Å². The molecular formula is C25H28N4O2S2. The maximum absolute atomic E-state index is 13.1. The second-order valence-electron chi connectivity index (χ2n) is 8.29. The molecule has 0 fully saturated rings. The molecule has 0 radical (unpaired) electrons. The summed E-state index contributed by atoms with van der Waals surface area (Å²) in [6, 6.07) is 9.63. The first-order valence-corrected chi connectivity index (χ1v) is 13.4. The third-order valence-corrected chi connectivity index (χ3v) is 8.11. The van der Waals surface area contributed by atoms with Crippen molar-refractivity contribution in [3.63, 3.8) is 0 Å². The Morgan fingerprint density at radius 2 is 2.06 bits per heavy atom. The zero-order valence-corrected chi connectivity index (χ0v) is 20.5. The molecule has 2 aromatic heterocycles. The molecule has 6 nitrogen and oxygen atoms in total. The number of thioether (sulfide) groups is 1. The van der Waals surface area contributed by atoms with Crippen LogP contribution < -0.4 is 10.9 Å². The third-order valence-electron chi connectivity index (χ3n) is 5.93. The number of nitrogens with zero attached hydrogens (tertiary/aromatic N) is 3. The smallest absolute Gasteiger partial charge is 0.262 e. The summed E-state index contributed by atoms with van der Waals surface area (Å²) in [4.78, 5) is 31.8. The summed E-state index contributed by atoms with van der Waals surface area (Å²) < 4.78 is 1.71. The largest absolute Gasteiger partial charge is 0.316 e. The number of rotatable bonds is 9. The van der Waals surface area contributed by atoms with Crippen molar-refractivity contribution in [1.29, 1.82) is 5.26 Å². The predicted octanol–water partition coefficient (Wildman–Crippen LogP) is 5.52. The number of amides is 1. The number of aryl methyl sites for hydroxylation is 1. The number of carbonyl (C=O) groups excluding carboxylic acids is 1. The molecule has 0 atom stereocenters. The monoisotopic (exact) mass is 480 g/mol. The zero-order chi connectivity index (χ0) is 23.2. The van der Waals surface area contributed by atoms with Gasteiger partial charge < -0.3 is 5.32 Å². The third kappa shape index (κ3) is 5.31. The van der Waals surface area contributed by atoms with Crippen LogP contribution in [0, 0.1) is 11.3 Å². The van der Waals surface area contributed by atoms with Gasteiger partial charge in [0.05, 0.1) is 22.2 Å². The highest BCUT2D eigenvalue weighted by Crippen LogP contribution is 2.37. The number of carbonyl (C=O) groups is 1. The van der Waals surface area contributed by atoms with E-state index in [-0.39, 0.29) is 17.2 Å². The topological polar surface area (TPSA) is 87.8 Å². The van der Waals surface area contributed by atoms with Crippen LogP contribution in [-0.2, 0) is 24.2 Å². The lowest BCUT2D eigenvalue weighted by molar-refractivity contribution is -0.113. The molecule has 1 amide bonds. The second-order valence-corrected chi connectivity index (χ2v) is 10.3. The van der Waals surface area contributed by atoms with Gasteiger partial charge in [0.25, 0.3) is 5.56 Å². The van der Waals surface area contributed by atoms with Gasteiger partial charge in [-0.3, -0.25) is 14.2 Å². The van der Waals surface area contributed by atoms with Gasteiger partial charge in [-0.1, -0.05) is 50.1 Å². The minimum Gasteiger partial charge on any atom is -0.316 e. The van der Waals surface area contributed by atoms with E-state index in [9.17, 15) is 14.9 Å². The van der Waals surface area contributed by atoms with E-state index in [0.717, 1.165) is 56.9 Å². The number of aromatic nitrogens is 2. The van der Waals surface area contributed by atoms with Crippen molar-refractivity contribution in [2.45, 2.75) is 70.0 Å². The van der Waals surface area contributed by atoms with Gasteiger partial charge in [0.1, 0.15) is 11.1 Å². The Morgan fingerprint density at radius 3 is 2.88 bits per heavy atom.